The Morgan fingerprint density at radius 2 is 1.93 bits per heavy atom. The van der Waals surface area contributed by atoms with Crippen molar-refractivity contribution in [3.05, 3.63) is 46.2 Å². The van der Waals surface area contributed by atoms with Crippen LogP contribution in [0.2, 0.25) is 0 Å². The minimum absolute atomic E-state index is 0.0555. The molecule has 1 fully saturated rings. The van der Waals surface area contributed by atoms with Crippen LogP contribution in [0.15, 0.2) is 39.9 Å². The third kappa shape index (κ3) is 5.10. The predicted octanol–water partition coefficient (Wildman–Crippen LogP) is 3.96. The van der Waals surface area contributed by atoms with Crippen LogP contribution in [0.3, 0.4) is 0 Å². The number of aryl methyl sites for hydroxylation is 1. The highest BCUT2D eigenvalue weighted by Gasteiger charge is 2.26. The lowest BCUT2D eigenvalue weighted by Crippen LogP contribution is -2.38. The summed E-state index contributed by atoms with van der Waals surface area (Å²) in [6.07, 6.45) is 4.83. The third-order valence-electron chi connectivity index (χ3n) is 5.08. The number of hydrogen-bond donors (Lipinski definition) is 1. The van der Waals surface area contributed by atoms with E-state index in [0.717, 1.165) is 18.7 Å². The molecule has 1 unspecified atom stereocenters. The van der Waals surface area contributed by atoms with Crippen molar-refractivity contribution in [3.63, 3.8) is 0 Å². The smallest absolute Gasteiger partial charge is 0.244 e. The second-order valence-corrected chi connectivity index (χ2v) is 9.54. The number of hydrogen-bond acceptors (Lipinski definition) is 5. The molecule has 5 nitrogen and oxygen atoms in total. The molecular weight excluding hydrogens is 380 g/mol. The zero-order valence-corrected chi connectivity index (χ0v) is 17.6. The van der Waals surface area contributed by atoms with Crippen molar-refractivity contribution in [3.8, 4) is 5.75 Å². The molecule has 0 bridgehead atoms. The van der Waals surface area contributed by atoms with E-state index in [-0.39, 0.29) is 10.9 Å². The first-order chi connectivity index (χ1) is 13.0. The highest BCUT2D eigenvalue weighted by Crippen LogP contribution is 2.28. The van der Waals surface area contributed by atoms with E-state index < -0.39 is 10.0 Å². The molecule has 0 amide bonds. The van der Waals surface area contributed by atoms with Gasteiger partial charge in [-0.05, 0) is 72.9 Å². The number of likely N-dealkylation sites (tertiary alicyclic amines) is 1. The Labute approximate surface area is 166 Å². The topological polar surface area (TPSA) is 58.6 Å². The lowest BCUT2D eigenvalue weighted by molar-refractivity contribution is 0.206. The summed E-state index contributed by atoms with van der Waals surface area (Å²) in [6, 6.07) is 7.37. The van der Waals surface area contributed by atoms with Gasteiger partial charge in [-0.1, -0.05) is 18.9 Å². The minimum atomic E-state index is -3.66. The van der Waals surface area contributed by atoms with Gasteiger partial charge in [0.15, 0.2) is 0 Å². The molecule has 1 aliphatic heterocycles. The monoisotopic (exact) mass is 408 g/mol. The number of nitrogens with one attached hydrogen (secondary N) is 1. The molecule has 0 radical (unpaired) electrons. The Morgan fingerprint density at radius 1 is 1.19 bits per heavy atom. The Hall–Kier alpha value is -1.41. The van der Waals surface area contributed by atoms with Gasteiger partial charge in [-0.2, -0.15) is 11.3 Å². The van der Waals surface area contributed by atoms with Gasteiger partial charge in [-0.25, -0.2) is 13.1 Å². The van der Waals surface area contributed by atoms with Crippen LogP contribution in [0.4, 0.5) is 0 Å². The van der Waals surface area contributed by atoms with Crippen LogP contribution in [0, 0.1) is 6.92 Å². The molecule has 2 heterocycles. The molecule has 3 rings (SSSR count). The number of rotatable bonds is 7. The van der Waals surface area contributed by atoms with Crippen molar-refractivity contribution < 1.29 is 13.2 Å². The molecule has 1 aromatic heterocycles. The van der Waals surface area contributed by atoms with E-state index in [2.05, 4.69) is 26.4 Å². The van der Waals surface area contributed by atoms with E-state index in [1.807, 2.05) is 13.0 Å². The average molecular weight is 409 g/mol. The highest BCUT2D eigenvalue weighted by atomic mass is 32.2. The average Bonchev–Trinajstić information content (AvgIpc) is 3.05. The number of sulfonamides is 1. The molecule has 1 N–H and O–H groups in total. The quantitative estimate of drug-likeness (QED) is 0.753. The summed E-state index contributed by atoms with van der Waals surface area (Å²) in [4.78, 5) is 2.62. The number of ether oxygens (including phenoxy) is 1. The van der Waals surface area contributed by atoms with Gasteiger partial charge in [0.1, 0.15) is 10.6 Å². The fraction of sp³-hybridized carbons (Fsp3) is 0.500. The fourth-order valence-electron chi connectivity index (χ4n) is 3.59. The Bertz CT molecular complexity index is 827. The largest absolute Gasteiger partial charge is 0.495 e. The molecule has 0 saturated carbocycles. The van der Waals surface area contributed by atoms with Gasteiger partial charge >= 0.3 is 0 Å². The van der Waals surface area contributed by atoms with E-state index in [4.69, 9.17) is 4.74 Å². The summed E-state index contributed by atoms with van der Waals surface area (Å²) < 4.78 is 34.1. The summed E-state index contributed by atoms with van der Waals surface area (Å²) in [5.41, 5.74) is 2.07. The summed E-state index contributed by atoms with van der Waals surface area (Å²) in [5.74, 6) is 0.370. The minimum Gasteiger partial charge on any atom is -0.495 e. The Balaban J connectivity index is 1.81. The molecule has 7 heteroatoms. The molecule has 0 spiro atoms. The van der Waals surface area contributed by atoms with E-state index >= 15 is 0 Å². The summed E-state index contributed by atoms with van der Waals surface area (Å²) in [6.45, 7) is 4.26. The normalized spacial score (nSPS) is 17.4. The van der Waals surface area contributed by atoms with Crippen LogP contribution in [0.1, 0.15) is 42.9 Å². The molecule has 27 heavy (non-hydrogen) atoms. The maximum atomic E-state index is 13.0. The standard InChI is InChI=1S/C20H28N2O3S2/c1-16-7-8-19(25-2)20(13-16)27(23,24)21-14-18(17-9-12-26-15-17)22-10-5-3-4-6-11-22/h7-9,12-13,15,18,21H,3-6,10-11,14H2,1-2H3. The molecule has 1 atom stereocenters. The first kappa shape index (κ1) is 20.3. The van der Waals surface area contributed by atoms with Crippen molar-refractivity contribution in [2.24, 2.45) is 0 Å². The van der Waals surface area contributed by atoms with E-state index in [1.54, 1.807) is 23.5 Å². The lowest BCUT2D eigenvalue weighted by Gasteiger charge is -2.30. The Kier molecular flexibility index (Phi) is 6.92. The predicted molar refractivity (Wildman–Crippen MR) is 110 cm³/mol. The first-order valence-corrected chi connectivity index (χ1v) is 11.8. The lowest BCUT2D eigenvalue weighted by atomic mass is 10.1. The molecule has 0 aliphatic carbocycles. The zero-order valence-electron chi connectivity index (χ0n) is 16.0. The third-order valence-corrected chi connectivity index (χ3v) is 7.23. The van der Waals surface area contributed by atoms with E-state index in [9.17, 15) is 8.42 Å². The Morgan fingerprint density at radius 3 is 2.56 bits per heavy atom. The molecular formula is C20H28N2O3S2. The second kappa shape index (κ2) is 9.19. The molecule has 2 aromatic rings. The van der Waals surface area contributed by atoms with Gasteiger partial charge < -0.3 is 4.74 Å². The van der Waals surface area contributed by atoms with Crippen molar-refractivity contribution in [2.45, 2.75) is 43.5 Å². The number of thiophene rings is 1. The van der Waals surface area contributed by atoms with Crippen LogP contribution in [-0.4, -0.2) is 40.1 Å². The van der Waals surface area contributed by atoms with E-state index in [0.29, 0.717) is 12.3 Å². The number of methoxy groups -OCH3 is 1. The molecule has 1 aliphatic rings. The van der Waals surface area contributed by atoms with E-state index in [1.165, 1.54) is 38.4 Å². The van der Waals surface area contributed by atoms with Gasteiger partial charge in [-0.15, -0.1) is 0 Å². The first-order valence-electron chi connectivity index (χ1n) is 9.42. The van der Waals surface area contributed by atoms with Gasteiger partial charge in [-0.3, -0.25) is 4.90 Å². The van der Waals surface area contributed by atoms with Crippen molar-refractivity contribution in [1.82, 2.24) is 9.62 Å². The van der Waals surface area contributed by atoms with Crippen LogP contribution in [0.25, 0.3) is 0 Å². The number of benzene rings is 1. The maximum absolute atomic E-state index is 13.0. The van der Waals surface area contributed by atoms with Crippen molar-refractivity contribution in [2.75, 3.05) is 26.7 Å². The van der Waals surface area contributed by atoms with Crippen LogP contribution in [-0.2, 0) is 10.0 Å². The van der Waals surface area contributed by atoms with Gasteiger partial charge in [0.25, 0.3) is 0 Å². The summed E-state index contributed by atoms with van der Waals surface area (Å²) >= 11 is 1.65. The van der Waals surface area contributed by atoms with Crippen LogP contribution >= 0.6 is 11.3 Å². The summed E-state index contributed by atoms with van der Waals surface area (Å²) in [5, 5.41) is 4.18. The number of nitrogens with zero attached hydrogens (tertiary/aromatic N) is 1. The van der Waals surface area contributed by atoms with Gasteiger partial charge in [0, 0.05) is 12.6 Å². The molecule has 148 valence electrons. The fourth-order valence-corrected chi connectivity index (χ4v) is 5.59. The second-order valence-electron chi connectivity index (χ2n) is 7.03. The van der Waals surface area contributed by atoms with Crippen LogP contribution in [0.5, 0.6) is 5.75 Å². The highest BCUT2D eigenvalue weighted by molar-refractivity contribution is 7.89. The zero-order chi connectivity index (χ0) is 19.3. The van der Waals surface area contributed by atoms with Crippen molar-refractivity contribution >= 4 is 21.4 Å². The molecule has 1 saturated heterocycles. The van der Waals surface area contributed by atoms with Gasteiger partial charge in [0.05, 0.1) is 7.11 Å². The van der Waals surface area contributed by atoms with Gasteiger partial charge in [0.2, 0.25) is 10.0 Å². The summed E-state index contributed by atoms with van der Waals surface area (Å²) in [7, 11) is -2.16. The SMILES string of the molecule is COc1ccc(C)cc1S(=O)(=O)NCC(c1ccsc1)N1CCCCCC1. The van der Waals surface area contributed by atoms with Crippen molar-refractivity contribution in [1.29, 1.82) is 0 Å². The molecule has 1 aromatic carbocycles. The maximum Gasteiger partial charge on any atom is 0.244 e. The van der Waals surface area contributed by atoms with Crippen LogP contribution < -0.4 is 9.46 Å².